The zero-order chi connectivity index (χ0) is 15.5. The molecule has 1 saturated heterocycles. The lowest BCUT2D eigenvalue weighted by Crippen LogP contribution is -2.43. The third-order valence-corrected chi connectivity index (χ3v) is 7.20. The molecule has 6 nitrogen and oxygen atoms in total. The van der Waals surface area contributed by atoms with E-state index in [9.17, 15) is 18.0 Å². The minimum Gasteiger partial charge on any atom is -0.353 e. The minimum atomic E-state index is -3.83. The van der Waals surface area contributed by atoms with Gasteiger partial charge in [-0.05, 0) is 24.2 Å². The minimum absolute atomic E-state index is 0.0524. The van der Waals surface area contributed by atoms with Crippen molar-refractivity contribution in [2.24, 2.45) is 16.7 Å². The summed E-state index contributed by atoms with van der Waals surface area (Å²) < 4.78 is 29.9. The van der Waals surface area contributed by atoms with Crippen molar-refractivity contribution >= 4 is 21.8 Å². The normalized spacial score (nSPS) is 38.0. The number of carbonyl (C=O) groups excluding carboxylic acids is 2. The van der Waals surface area contributed by atoms with Gasteiger partial charge in [-0.2, -0.15) is 8.42 Å². The fourth-order valence-electron chi connectivity index (χ4n) is 4.30. The van der Waals surface area contributed by atoms with E-state index in [0.717, 1.165) is 6.42 Å². The zero-order valence-electron chi connectivity index (χ0n) is 12.3. The van der Waals surface area contributed by atoms with Gasteiger partial charge in [0.25, 0.3) is 10.1 Å². The third-order valence-electron chi connectivity index (χ3n) is 5.78. The second-order valence-corrected chi connectivity index (χ2v) is 8.69. The Morgan fingerprint density at radius 2 is 2.00 bits per heavy atom. The maximum Gasteiger partial charge on any atom is 0.268 e. The molecule has 1 N–H and O–H groups in total. The van der Waals surface area contributed by atoms with E-state index >= 15 is 0 Å². The first-order chi connectivity index (χ1) is 9.66. The van der Waals surface area contributed by atoms with Gasteiger partial charge in [-0.3, -0.25) is 13.8 Å². The van der Waals surface area contributed by atoms with E-state index in [1.54, 1.807) is 0 Å². The summed E-state index contributed by atoms with van der Waals surface area (Å²) >= 11 is 0. The molecule has 3 fully saturated rings. The molecule has 3 rings (SSSR count). The fraction of sp³-hybridized carbons (Fsp3) is 0.857. The first-order valence-electron chi connectivity index (χ1n) is 7.37. The average Bonchev–Trinajstić information content (AvgIpc) is 2.89. The highest BCUT2D eigenvalue weighted by atomic mass is 32.2. The largest absolute Gasteiger partial charge is 0.353 e. The monoisotopic (exact) mass is 315 g/mol. The molecule has 0 spiro atoms. The van der Waals surface area contributed by atoms with Crippen molar-refractivity contribution < 1.29 is 22.2 Å². The van der Waals surface area contributed by atoms with Crippen LogP contribution in [0.5, 0.6) is 0 Å². The van der Waals surface area contributed by atoms with Crippen LogP contribution in [0.2, 0.25) is 0 Å². The molecule has 7 heteroatoms. The van der Waals surface area contributed by atoms with E-state index < -0.39 is 21.6 Å². The number of ketones is 1. The molecular weight excluding hydrogens is 294 g/mol. The van der Waals surface area contributed by atoms with Crippen LogP contribution in [0.1, 0.15) is 39.5 Å². The van der Waals surface area contributed by atoms with Gasteiger partial charge in [-0.25, -0.2) is 0 Å². The lowest BCUT2D eigenvalue weighted by molar-refractivity contribution is -0.128. The second kappa shape index (κ2) is 4.52. The van der Waals surface area contributed by atoms with Gasteiger partial charge in [0.1, 0.15) is 11.9 Å². The van der Waals surface area contributed by atoms with E-state index in [4.69, 9.17) is 4.18 Å². The van der Waals surface area contributed by atoms with Crippen LogP contribution in [-0.4, -0.2) is 38.5 Å². The fourth-order valence-corrected chi connectivity index (χ4v) is 6.20. The van der Waals surface area contributed by atoms with Crippen LogP contribution in [0.15, 0.2) is 0 Å². The molecule has 21 heavy (non-hydrogen) atoms. The summed E-state index contributed by atoms with van der Waals surface area (Å²) in [6, 6.07) is 0. The van der Waals surface area contributed by atoms with Gasteiger partial charge in [-0.15, -0.1) is 0 Å². The van der Waals surface area contributed by atoms with Crippen LogP contribution in [-0.2, 0) is 23.9 Å². The summed E-state index contributed by atoms with van der Waals surface area (Å²) in [5.41, 5.74) is -1.11. The quantitative estimate of drug-likeness (QED) is 0.768. The number of rotatable bonds is 4. The standard InChI is InChI=1S/C14H21NO5S/c1-13(2)9-3-4-14(13,11(16)5-9)8-21(18,19)20-10-6-12(17)15-7-10/h9-10H,3-8H2,1-2H3,(H,15,17)/t9?,10-,14+/m0/s1. The molecule has 0 aromatic rings. The Kier molecular flexibility index (Phi) is 3.22. The molecule has 1 amide bonds. The highest BCUT2D eigenvalue weighted by molar-refractivity contribution is 7.86. The Morgan fingerprint density at radius 1 is 1.29 bits per heavy atom. The maximum atomic E-state index is 12.4. The third kappa shape index (κ3) is 2.21. The number of hydrogen-bond acceptors (Lipinski definition) is 5. The summed E-state index contributed by atoms with van der Waals surface area (Å²) in [4.78, 5) is 23.5. The number of amides is 1. The van der Waals surface area contributed by atoms with Gasteiger partial charge in [0.05, 0.1) is 17.6 Å². The summed E-state index contributed by atoms with van der Waals surface area (Å²) in [5.74, 6) is -0.134. The van der Waals surface area contributed by atoms with E-state index in [1.165, 1.54) is 0 Å². The molecule has 3 atom stereocenters. The number of hydrogen-bond donors (Lipinski definition) is 1. The first-order valence-corrected chi connectivity index (χ1v) is 8.95. The molecular formula is C14H21NO5S. The van der Waals surface area contributed by atoms with Crippen LogP contribution in [0.25, 0.3) is 0 Å². The van der Waals surface area contributed by atoms with Crippen LogP contribution >= 0.6 is 0 Å². The second-order valence-electron chi connectivity index (χ2n) is 7.10. The van der Waals surface area contributed by atoms with Crippen molar-refractivity contribution in [2.75, 3.05) is 12.3 Å². The molecule has 2 saturated carbocycles. The Morgan fingerprint density at radius 3 is 2.48 bits per heavy atom. The topological polar surface area (TPSA) is 89.5 Å². The van der Waals surface area contributed by atoms with Gasteiger partial charge in [0.15, 0.2) is 0 Å². The molecule has 2 bridgehead atoms. The Bertz CT molecular complexity index is 596. The first kappa shape index (κ1) is 15.0. The SMILES string of the molecule is CC1(C)C2CC[C@@]1(CS(=O)(=O)O[C@@H]1CNC(=O)C1)C(=O)C2. The van der Waals surface area contributed by atoms with E-state index in [1.807, 2.05) is 13.8 Å². The summed E-state index contributed by atoms with van der Waals surface area (Å²) in [7, 11) is -3.83. The van der Waals surface area contributed by atoms with E-state index in [0.29, 0.717) is 12.8 Å². The van der Waals surface area contributed by atoms with Gasteiger partial charge in [0, 0.05) is 13.0 Å². The molecule has 0 radical (unpaired) electrons. The number of carbonyl (C=O) groups is 2. The maximum absolute atomic E-state index is 12.4. The summed E-state index contributed by atoms with van der Waals surface area (Å²) in [6.07, 6.45) is 1.42. The van der Waals surface area contributed by atoms with E-state index in [2.05, 4.69) is 5.32 Å². The predicted octanol–water partition coefficient (Wildman–Crippen LogP) is 0.617. The number of Topliss-reactive ketones (excluding diaryl/α,β-unsaturated/α-hetero) is 1. The van der Waals surface area contributed by atoms with Crippen molar-refractivity contribution in [2.45, 2.75) is 45.6 Å². The molecule has 1 heterocycles. The van der Waals surface area contributed by atoms with Crippen molar-refractivity contribution in [3.63, 3.8) is 0 Å². The van der Waals surface area contributed by atoms with Gasteiger partial charge >= 0.3 is 0 Å². The highest BCUT2D eigenvalue weighted by Gasteiger charge is 2.65. The van der Waals surface area contributed by atoms with Crippen LogP contribution in [0, 0.1) is 16.7 Å². The molecule has 118 valence electrons. The smallest absolute Gasteiger partial charge is 0.268 e. The predicted molar refractivity (Wildman–Crippen MR) is 74.8 cm³/mol. The number of nitrogens with one attached hydrogen (secondary N) is 1. The van der Waals surface area contributed by atoms with E-state index in [-0.39, 0.29) is 41.7 Å². The Hall–Kier alpha value is -0.950. The van der Waals surface area contributed by atoms with Crippen LogP contribution < -0.4 is 5.32 Å². The van der Waals surface area contributed by atoms with Crippen LogP contribution in [0.3, 0.4) is 0 Å². The molecule has 0 aromatic heterocycles. The lowest BCUT2D eigenvalue weighted by atomic mass is 9.70. The zero-order valence-corrected chi connectivity index (χ0v) is 13.2. The highest BCUT2D eigenvalue weighted by Crippen LogP contribution is 2.64. The summed E-state index contributed by atoms with van der Waals surface area (Å²) in [5, 5.41) is 2.55. The van der Waals surface area contributed by atoms with Crippen molar-refractivity contribution in [1.82, 2.24) is 5.32 Å². The summed E-state index contributed by atoms with van der Waals surface area (Å²) in [6.45, 7) is 4.20. The Balaban J connectivity index is 1.79. The van der Waals surface area contributed by atoms with Gasteiger partial charge < -0.3 is 5.32 Å². The number of fused-ring (bicyclic) bond motifs is 2. The van der Waals surface area contributed by atoms with Crippen LogP contribution in [0.4, 0.5) is 0 Å². The van der Waals surface area contributed by atoms with Crippen molar-refractivity contribution in [3.05, 3.63) is 0 Å². The molecule has 0 aromatic carbocycles. The lowest BCUT2D eigenvalue weighted by Gasteiger charge is -2.36. The molecule has 1 aliphatic heterocycles. The van der Waals surface area contributed by atoms with Crippen molar-refractivity contribution in [3.8, 4) is 0 Å². The molecule has 3 aliphatic rings. The average molecular weight is 315 g/mol. The van der Waals surface area contributed by atoms with Crippen molar-refractivity contribution in [1.29, 1.82) is 0 Å². The molecule has 1 unspecified atom stereocenters. The van der Waals surface area contributed by atoms with Gasteiger partial charge in [0.2, 0.25) is 5.91 Å². The van der Waals surface area contributed by atoms with Gasteiger partial charge in [-0.1, -0.05) is 13.8 Å². The molecule has 2 aliphatic carbocycles. The Labute approximate surface area is 124 Å².